The topological polar surface area (TPSA) is 68.3 Å². The lowest BCUT2D eigenvalue weighted by atomic mass is 9.97. The third-order valence-corrected chi connectivity index (χ3v) is 6.25. The summed E-state index contributed by atoms with van der Waals surface area (Å²) in [5.74, 6) is -0.714. The van der Waals surface area contributed by atoms with Crippen molar-refractivity contribution in [3.8, 4) is 11.3 Å². The second-order valence-electron chi connectivity index (χ2n) is 7.13. The zero-order valence-electron chi connectivity index (χ0n) is 17.3. The minimum absolute atomic E-state index is 0.267. The van der Waals surface area contributed by atoms with Gasteiger partial charge in [-0.15, -0.1) is 0 Å². The van der Waals surface area contributed by atoms with Crippen LogP contribution < -0.4 is 5.32 Å². The number of carbonyl (C=O) groups is 2. The molecular formula is C25H18Br2N2O3. The molecule has 1 heterocycles. The molecular weight excluding hydrogens is 536 g/mol. The van der Waals surface area contributed by atoms with E-state index in [1.807, 2.05) is 55.5 Å². The van der Waals surface area contributed by atoms with Crippen molar-refractivity contribution in [1.29, 1.82) is 0 Å². The Morgan fingerprint density at radius 3 is 2.41 bits per heavy atom. The van der Waals surface area contributed by atoms with Crippen LogP contribution >= 0.6 is 31.9 Å². The number of aromatic nitrogens is 1. The summed E-state index contributed by atoms with van der Waals surface area (Å²) in [5.41, 5.74) is 4.67. The fraction of sp³-hybridized carbons (Fsp3) is 0.0800. The van der Waals surface area contributed by atoms with Crippen molar-refractivity contribution in [3.05, 3.63) is 92.4 Å². The van der Waals surface area contributed by atoms with Gasteiger partial charge >= 0.3 is 5.97 Å². The van der Waals surface area contributed by atoms with E-state index in [9.17, 15) is 9.59 Å². The maximum absolute atomic E-state index is 13.5. The number of benzene rings is 3. The number of nitrogens with one attached hydrogen (secondary N) is 1. The quantitative estimate of drug-likeness (QED) is 0.283. The third-order valence-electron chi connectivity index (χ3n) is 5.10. The highest BCUT2D eigenvalue weighted by Crippen LogP contribution is 2.32. The van der Waals surface area contributed by atoms with Crippen molar-refractivity contribution in [2.75, 3.05) is 12.4 Å². The van der Waals surface area contributed by atoms with Gasteiger partial charge in [0.05, 0.1) is 35.1 Å². The molecule has 0 bridgehead atoms. The molecule has 1 amide bonds. The molecule has 0 unspecified atom stereocenters. The Balaban J connectivity index is 1.82. The lowest BCUT2D eigenvalue weighted by Gasteiger charge is -2.16. The number of nitrogens with zero attached hydrogens (tertiary/aromatic N) is 1. The summed E-state index contributed by atoms with van der Waals surface area (Å²) >= 11 is 6.93. The van der Waals surface area contributed by atoms with Crippen molar-refractivity contribution in [3.63, 3.8) is 0 Å². The van der Waals surface area contributed by atoms with Crippen LogP contribution in [0.2, 0.25) is 0 Å². The van der Waals surface area contributed by atoms with Crippen LogP contribution in [-0.4, -0.2) is 24.0 Å². The Morgan fingerprint density at radius 2 is 1.72 bits per heavy atom. The largest absolute Gasteiger partial charge is 0.465 e. The lowest BCUT2D eigenvalue weighted by Crippen LogP contribution is -2.16. The van der Waals surface area contributed by atoms with E-state index in [4.69, 9.17) is 9.72 Å². The first kappa shape index (κ1) is 22.2. The molecule has 0 saturated heterocycles. The Hall–Kier alpha value is -3.03. The summed E-state index contributed by atoms with van der Waals surface area (Å²) < 4.78 is 6.19. The number of pyridine rings is 1. The highest BCUT2D eigenvalue weighted by Gasteiger charge is 2.20. The zero-order valence-corrected chi connectivity index (χ0v) is 20.5. The van der Waals surface area contributed by atoms with Gasteiger partial charge in [-0.05, 0) is 64.8 Å². The average Bonchev–Trinajstić information content (AvgIpc) is 2.80. The van der Waals surface area contributed by atoms with Gasteiger partial charge in [0, 0.05) is 19.9 Å². The molecule has 5 nitrogen and oxygen atoms in total. The standard InChI is InChI=1S/C25H18Br2N2O3/c1-14-22(24(30)29-21-10-8-16(12-19(21)27)25(31)32-2)18-13-17(26)9-11-20(18)28-23(14)15-6-4-3-5-7-15/h3-13H,1-2H3,(H,29,30). The SMILES string of the molecule is COC(=O)c1ccc(NC(=O)c2c(C)c(-c3ccccc3)nc3ccc(Br)cc23)c(Br)c1. The predicted molar refractivity (Wildman–Crippen MR) is 133 cm³/mol. The summed E-state index contributed by atoms with van der Waals surface area (Å²) in [6.45, 7) is 1.90. The number of anilines is 1. The number of amides is 1. The van der Waals surface area contributed by atoms with Gasteiger partial charge in [0.15, 0.2) is 0 Å². The van der Waals surface area contributed by atoms with E-state index < -0.39 is 5.97 Å². The summed E-state index contributed by atoms with van der Waals surface area (Å²) in [5, 5.41) is 3.71. The molecule has 0 aliphatic carbocycles. The molecule has 32 heavy (non-hydrogen) atoms. The molecule has 7 heteroatoms. The van der Waals surface area contributed by atoms with Gasteiger partial charge in [-0.25, -0.2) is 9.78 Å². The second-order valence-corrected chi connectivity index (χ2v) is 8.90. The number of rotatable bonds is 4. The number of ether oxygens (including phenoxy) is 1. The monoisotopic (exact) mass is 552 g/mol. The molecule has 4 aromatic rings. The number of methoxy groups -OCH3 is 1. The van der Waals surface area contributed by atoms with Crippen LogP contribution in [0.3, 0.4) is 0 Å². The van der Waals surface area contributed by atoms with Crippen LogP contribution in [0.15, 0.2) is 75.7 Å². The van der Waals surface area contributed by atoms with E-state index >= 15 is 0 Å². The van der Waals surface area contributed by atoms with Crippen LogP contribution in [0.5, 0.6) is 0 Å². The normalized spacial score (nSPS) is 10.8. The smallest absolute Gasteiger partial charge is 0.337 e. The summed E-state index contributed by atoms with van der Waals surface area (Å²) in [4.78, 5) is 30.1. The number of esters is 1. The summed E-state index contributed by atoms with van der Waals surface area (Å²) in [6.07, 6.45) is 0. The molecule has 1 N–H and O–H groups in total. The van der Waals surface area contributed by atoms with E-state index in [2.05, 4.69) is 37.2 Å². The molecule has 160 valence electrons. The first-order valence-electron chi connectivity index (χ1n) is 9.73. The van der Waals surface area contributed by atoms with Crippen LogP contribution in [0.4, 0.5) is 5.69 Å². The maximum Gasteiger partial charge on any atom is 0.337 e. The average molecular weight is 554 g/mol. The fourth-order valence-electron chi connectivity index (χ4n) is 3.55. The van der Waals surface area contributed by atoms with E-state index in [-0.39, 0.29) is 5.91 Å². The van der Waals surface area contributed by atoms with Crippen LogP contribution in [0.25, 0.3) is 22.2 Å². The Kier molecular flexibility index (Phi) is 6.39. The number of hydrogen-bond acceptors (Lipinski definition) is 4. The minimum atomic E-state index is -0.447. The Morgan fingerprint density at radius 1 is 0.969 bits per heavy atom. The maximum atomic E-state index is 13.5. The minimum Gasteiger partial charge on any atom is -0.465 e. The molecule has 1 aromatic heterocycles. The van der Waals surface area contributed by atoms with Crippen LogP contribution in [0.1, 0.15) is 26.3 Å². The van der Waals surface area contributed by atoms with Gasteiger partial charge in [0.1, 0.15) is 0 Å². The number of fused-ring (bicyclic) bond motifs is 1. The third kappa shape index (κ3) is 4.31. The van der Waals surface area contributed by atoms with Gasteiger partial charge < -0.3 is 10.1 Å². The molecule has 3 aromatic carbocycles. The van der Waals surface area contributed by atoms with Gasteiger partial charge in [0.2, 0.25) is 0 Å². The zero-order chi connectivity index (χ0) is 22.8. The predicted octanol–water partition coefficient (Wildman–Crippen LogP) is 6.77. The van der Waals surface area contributed by atoms with E-state index in [0.717, 1.165) is 32.2 Å². The van der Waals surface area contributed by atoms with E-state index in [1.54, 1.807) is 18.2 Å². The first-order valence-corrected chi connectivity index (χ1v) is 11.3. The number of halogens is 2. The first-order chi connectivity index (χ1) is 15.4. The van der Waals surface area contributed by atoms with Gasteiger partial charge in [-0.1, -0.05) is 46.3 Å². The van der Waals surface area contributed by atoms with Crippen molar-refractivity contribution in [1.82, 2.24) is 4.98 Å². The van der Waals surface area contributed by atoms with E-state index in [0.29, 0.717) is 21.3 Å². The van der Waals surface area contributed by atoms with Crippen molar-refractivity contribution in [2.24, 2.45) is 0 Å². The summed E-state index contributed by atoms with van der Waals surface area (Å²) in [7, 11) is 1.33. The van der Waals surface area contributed by atoms with Crippen molar-refractivity contribution >= 4 is 60.3 Å². The number of carbonyl (C=O) groups excluding carboxylic acids is 2. The molecule has 0 saturated carbocycles. The van der Waals surface area contributed by atoms with Gasteiger partial charge in [-0.3, -0.25) is 4.79 Å². The fourth-order valence-corrected chi connectivity index (χ4v) is 4.39. The van der Waals surface area contributed by atoms with Crippen LogP contribution in [0, 0.1) is 6.92 Å². The highest BCUT2D eigenvalue weighted by molar-refractivity contribution is 9.10. The Labute approximate surface area is 202 Å². The highest BCUT2D eigenvalue weighted by atomic mass is 79.9. The molecule has 0 radical (unpaired) electrons. The molecule has 4 rings (SSSR count). The van der Waals surface area contributed by atoms with Gasteiger partial charge in [-0.2, -0.15) is 0 Å². The summed E-state index contributed by atoms with van der Waals surface area (Å²) in [6, 6.07) is 20.4. The number of hydrogen-bond donors (Lipinski definition) is 1. The molecule has 0 spiro atoms. The van der Waals surface area contributed by atoms with Gasteiger partial charge in [0.25, 0.3) is 5.91 Å². The molecule has 0 atom stereocenters. The molecule has 0 aliphatic rings. The lowest BCUT2D eigenvalue weighted by molar-refractivity contribution is 0.0600. The van der Waals surface area contributed by atoms with E-state index in [1.165, 1.54) is 7.11 Å². The second kappa shape index (κ2) is 9.22. The molecule has 0 aliphatic heterocycles. The van der Waals surface area contributed by atoms with Crippen molar-refractivity contribution < 1.29 is 14.3 Å². The molecule has 0 fully saturated rings. The Bertz CT molecular complexity index is 1350. The van der Waals surface area contributed by atoms with Crippen LogP contribution in [-0.2, 0) is 4.74 Å². The van der Waals surface area contributed by atoms with Crippen molar-refractivity contribution in [2.45, 2.75) is 6.92 Å².